The van der Waals surface area contributed by atoms with Gasteiger partial charge in [-0.25, -0.2) is 0 Å². The van der Waals surface area contributed by atoms with E-state index in [9.17, 15) is 0 Å². The molecule has 0 aliphatic carbocycles. The topological polar surface area (TPSA) is 28.2 Å². The first-order valence-corrected chi connectivity index (χ1v) is 10.3. The van der Waals surface area contributed by atoms with E-state index in [1.807, 2.05) is 12.4 Å². The first-order valence-electron chi connectivity index (χ1n) is 9.47. The van der Waals surface area contributed by atoms with Crippen LogP contribution in [0.15, 0.2) is 78.0 Å². The highest BCUT2D eigenvalue weighted by Crippen LogP contribution is 2.23. The smallest absolute Gasteiger partial charge is 0.0440 e. The monoisotopic (exact) mass is 375 g/mol. The molecule has 3 nitrogen and oxygen atoms in total. The van der Waals surface area contributed by atoms with Crippen molar-refractivity contribution in [3.8, 4) is 11.1 Å². The fourth-order valence-electron chi connectivity index (χ4n) is 3.47. The van der Waals surface area contributed by atoms with E-state index in [-0.39, 0.29) is 0 Å². The van der Waals surface area contributed by atoms with Crippen molar-refractivity contribution in [3.63, 3.8) is 0 Å². The summed E-state index contributed by atoms with van der Waals surface area (Å²) in [5.41, 5.74) is 5.21. The van der Waals surface area contributed by atoms with Crippen LogP contribution >= 0.6 is 11.9 Å². The molecule has 2 heterocycles. The summed E-state index contributed by atoms with van der Waals surface area (Å²) in [6.45, 7) is 5.38. The van der Waals surface area contributed by atoms with Gasteiger partial charge in [0.25, 0.3) is 0 Å². The maximum atomic E-state index is 4.22. The first kappa shape index (κ1) is 18.2. The Labute approximate surface area is 166 Å². The van der Waals surface area contributed by atoms with Crippen molar-refractivity contribution in [2.45, 2.75) is 30.8 Å². The Balaban J connectivity index is 1.29. The Bertz CT molecular complexity index is 864. The molecule has 1 saturated heterocycles. The fourth-order valence-corrected chi connectivity index (χ4v) is 4.30. The molecule has 4 heteroatoms. The third-order valence-corrected chi connectivity index (χ3v) is 6.16. The Hall–Kier alpha value is -2.14. The lowest BCUT2D eigenvalue weighted by Gasteiger charge is -2.17. The number of aryl methyl sites for hydroxylation is 1. The van der Waals surface area contributed by atoms with Crippen molar-refractivity contribution in [2.24, 2.45) is 0 Å². The quantitative estimate of drug-likeness (QED) is 0.619. The second-order valence-corrected chi connectivity index (χ2v) is 8.02. The largest absolute Gasteiger partial charge is 0.297 e. The van der Waals surface area contributed by atoms with E-state index in [2.05, 4.69) is 82.2 Å². The number of likely N-dealkylation sites (tertiary alicyclic amines) is 1. The lowest BCUT2D eigenvalue weighted by atomic mass is 10.0. The van der Waals surface area contributed by atoms with E-state index in [1.165, 1.54) is 33.6 Å². The third kappa shape index (κ3) is 4.78. The molecule has 27 heavy (non-hydrogen) atoms. The van der Waals surface area contributed by atoms with Crippen LogP contribution in [0.5, 0.6) is 0 Å². The standard InChI is InChI=1S/C23H25N3S/c1-18-11-13-24-15-23(18)27-25-22-12-14-26(17-22)16-19-7-9-21(10-8-19)20-5-3-2-4-6-20/h2-11,13,15,22,25H,12,14,16-17H2,1H3. The molecule has 0 bridgehead atoms. The van der Waals surface area contributed by atoms with Gasteiger partial charge < -0.3 is 0 Å². The molecular formula is C23H25N3S. The molecule has 1 atom stereocenters. The van der Waals surface area contributed by atoms with E-state index in [0.717, 1.165) is 19.6 Å². The lowest BCUT2D eigenvalue weighted by Crippen LogP contribution is -2.28. The molecule has 1 N–H and O–H groups in total. The predicted molar refractivity (Wildman–Crippen MR) is 114 cm³/mol. The van der Waals surface area contributed by atoms with E-state index < -0.39 is 0 Å². The summed E-state index contributed by atoms with van der Waals surface area (Å²) in [4.78, 5) is 7.97. The van der Waals surface area contributed by atoms with Crippen molar-refractivity contribution in [1.82, 2.24) is 14.6 Å². The van der Waals surface area contributed by atoms with Gasteiger partial charge in [0.1, 0.15) is 0 Å². The van der Waals surface area contributed by atoms with Gasteiger partial charge in [-0.2, -0.15) is 0 Å². The van der Waals surface area contributed by atoms with E-state index >= 15 is 0 Å². The second kappa shape index (κ2) is 8.70. The molecule has 0 saturated carbocycles. The number of rotatable bonds is 6. The minimum atomic E-state index is 0.526. The van der Waals surface area contributed by atoms with Crippen LogP contribution < -0.4 is 4.72 Å². The maximum absolute atomic E-state index is 4.22. The van der Waals surface area contributed by atoms with Gasteiger partial charge in [0.05, 0.1) is 0 Å². The molecular weight excluding hydrogens is 350 g/mol. The molecule has 1 fully saturated rings. The highest BCUT2D eigenvalue weighted by Gasteiger charge is 2.22. The van der Waals surface area contributed by atoms with Gasteiger partial charge >= 0.3 is 0 Å². The van der Waals surface area contributed by atoms with Gasteiger partial charge in [0.2, 0.25) is 0 Å². The lowest BCUT2D eigenvalue weighted by molar-refractivity contribution is 0.325. The summed E-state index contributed by atoms with van der Waals surface area (Å²) in [6.07, 6.45) is 4.97. The van der Waals surface area contributed by atoms with E-state index in [4.69, 9.17) is 0 Å². The Morgan fingerprint density at radius 1 is 1.04 bits per heavy atom. The van der Waals surface area contributed by atoms with E-state index in [1.54, 1.807) is 11.9 Å². The SMILES string of the molecule is Cc1ccncc1SNC1CCN(Cc2ccc(-c3ccccc3)cc2)C1. The van der Waals surface area contributed by atoms with Crippen LogP contribution in [0, 0.1) is 6.92 Å². The van der Waals surface area contributed by atoms with Crippen LogP contribution in [0.4, 0.5) is 0 Å². The van der Waals surface area contributed by atoms with Crippen LogP contribution in [-0.4, -0.2) is 29.0 Å². The zero-order valence-electron chi connectivity index (χ0n) is 15.6. The van der Waals surface area contributed by atoms with Gasteiger partial charge in [0.15, 0.2) is 0 Å². The highest BCUT2D eigenvalue weighted by molar-refractivity contribution is 7.97. The fraction of sp³-hybridized carbons (Fsp3) is 0.261. The van der Waals surface area contributed by atoms with Crippen LogP contribution in [0.25, 0.3) is 11.1 Å². The van der Waals surface area contributed by atoms with Crippen LogP contribution in [0.3, 0.4) is 0 Å². The molecule has 0 radical (unpaired) electrons. The minimum absolute atomic E-state index is 0.526. The zero-order chi connectivity index (χ0) is 18.5. The molecule has 1 unspecified atom stereocenters. The maximum Gasteiger partial charge on any atom is 0.0440 e. The number of pyridine rings is 1. The summed E-state index contributed by atoms with van der Waals surface area (Å²) in [6, 6.07) is 22.1. The highest BCUT2D eigenvalue weighted by atomic mass is 32.2. The normalized spacial score (nSPS) is 17.3. The van der Waals surface area contributed by atoms with Gasteiger partial charge in [0, 0.05) is 43.0 Å². The number of hydrogen-bond acceptors (Lipinski definition) is 4. The van der Waals surface area contributed by atoms with Crippen molar-refractivity contribution in [3.05, 3.63) is 84.2 Å². The summed E-state index contributed by atoms with van der Waals surface area (Å²) >= 11 is 1.71. The molecule has 138 valence electrons. The van der Waals surface area contributed by atoms with Crippen molar-refractivity contribution >= 4 is 11.9 Å². The number of nitrogens with one attached hydrogen (secondary N) is 1. The summed E-state index contributed by atoms with van der Waals surface area (Å²) < 4.78 is 3.62. The summed E-state index contributed by atoms with van der Waals surface area (Å²) in [5, 5.41) is 0. The molecule has 2 aromatic carbocycles. The third-order valence-electron chi connectivity index (χ3n) is 5.07. The zero-order valence-corrected chi connectivity index (χ0v) is 16.5. The number of hydrogen-bond donors (Lipinski definition) is 1. The number of nitrogens with zero attached hydrogens (tertiary/aromatic N) is 2. The minimum Gasteiger partial charge on any atom is -0.297 e. The van der Waals surface area contributed by atoms with Gasteiger partial charge in [-0.1, -0.05) is 54.6 Å². The number of benzene rings is 2. The Morgan fingerprint density at radius 3 is 2.59 bits per heavy atom. The number of aromatic nitrogens is 1. The molecule has 3 aromatic rings. The Kier molecular flexibility index (Phi) is 5.87. The van der Waals surface area contributed by atoms with Crippen molar-refractivity contribution < 1.29 is 0 Å². The second-order valence-electron chi connectivity index (χ2n) is 7.14. The van der Waals surface area contributed by atoms with Gasteiger partial charge in [-0.15, -0.1) is 0 Å². The molecule has 0 amide bonds. The summed E-state index contributed by atoms with van der Waals surface area (Å²) in [5.74, 6) is 0. The van der Waals surface area contributed by atoms with Crippen LogP contribution in [0.2, 0.25) is 0 Å². The molecule has 0 spiro atoms. The average Bonchev–Trinajstić information content (AvgIpc) is 3.16. The van der Waals surface area contributed by atoms with Crippen LogP contribution in [-0.2, 0) is 6.54 Å². The summed E-state index contributed by atoms with van der Waals surface area (Å²) in [7, 11) is 0. The predicted octanol–water partition coefficient (Wildman–Crippen LogP) is 4.93. The molecule has 1 aliphatic heterocycles. The molecule has 1 aromatic heterocycles. The van der Waals surface area contributed by atoms with Crippen LogP contribution in [0.1, 0.15) is 17.5 Å². The molecule has 1 aliphatic rings. The van der Waals surface area contributed by atoms with Gasteiger partial charge in [-0.05, 0) is 53.6 Å². The average molecular weight is 376 g/mol. The van der Waals surface area contributed by atoms with Crippen molar-refractivity contribution in [1.29, 1.82) is 0 Å². The van der Waals surface area contributed by atoms with Gasteiger partial charge in [-0.3, -0.25) is 14.6 Å². The Morgan fingerprint density at radius 2 is 1.81 bits per heavy atom. The van der Waals surface area contributed by atoms with E-state index in [0.29, 0.717) is 6.04 Å². The first-order chi connectivity index (χ1) is 13.3. The molecule has 4 rings (SSSR count). The van der Waals surface area contributed by atoms with Crippen molar-refractivity contribution in [2.75, 3.05) is 13.1 Å².